The van der Waals surface area contributed by atoms with Gasteiger partial charge in [0.15, 0.2) is 5.82 Å². The van der Waals surface area contributed by atoms with Crippen LogP contribution in [0.25, 0.3) is 11.4 Å². The summed E-state index contributed by atoms with van der Waals surface area (Å²) in [5.74, 6) is 0.267. The van der Waals surface area contributed by atoms with Gasteiger partial charge < -0.3 is 5.73 Å². The molecular formula is C10H10N4O2S. The molecule has 88 valence electrons. The summed E-state index contributed by atoms with van der Waals surface area (Å²) >= 11 is 0. The van der Waals surface area contributed by atoms with Crippen molar-refractivity contribution in [3.63, 3.8) is 0 Å². The molecule has 0 aliphatic heterocycles. The van der Waals surface area contributed by atoms with Gasteiger partial charge in [0.2, 0.25) is 10.0 Å². The van der Waals surface area contributed by atoms with Crippen LogP contribution < -0.4 is 10.9 Å². The van der Waals surface area contributed by atoms with Crippen molar-refractivity contribution >= 4 is 15.7 Å². The highest BCUT2D eigenvalue weighted by molar-refractivity contribution is 7.89. The summed E-state index contributed by atoms with van der Waals surface area (Å²) in [4.78, 5) is 7.91. The fraction of sp³-hybridized carbons (Fsp3) is 0. The van der Waals surface area contributed by atoms with Crippen LogP contribution in [0.2, 0.25) is 0 Å². The average Bonchev–Trinajstić information content (AvgIpc) is 2.28. The molecule has 1 aromatic heterocycles. The van der Waals surface area contributed by atoms with Crippen molar-refractivity contribution in [3.8, 4) is 11.4 Å². The van der Waals surface area contributed by atoms with Crippen LogP contribution >= 0.6 is 0 Å². The summed E-state index contributed by atoms with van der Waals surface area (Å²) in [6.07, 6.45) is 3.02. The summed E-state index contributed by atoms with van der Waals surface area (Å²) < 4.78 is 22.8. The van der Waals surface area contributed by atoms with Gasteiger partial charge in [-0.25, -0.2) is 23.5 Å². The first-order valence-electron chi connectivity index (χ1n) is 4.68. The van der Waals surface area contributed by atoms with E-state index in [1.54, 1.807) is 6.07 Å². The zero-order valence-electron chi connectivity index (χ0n) is 8.74. The molecule has 0 saturated carbocycles. The van der Waals surface area contributed by atoms with E-state index in [0.29, 0.717) is 11.3 Å². The van der Waals surface area contributed by atoms with E-state index < -0.39 is 10.0 Å². The first kappa shape index (κ1) is 11.5. The molecular weight excluding hydrogens is 240 g/mol. The van der Waals surface area contributed by atoms with Gasteiger partial charge in [0.1, 0.15) is 0 Å². The van der Waals surface area contributed by atoms with Gasteiger partial charge in [-0.3, -0.25) is 0 Å². The van der Waals surface area contributed by atoms with Gasteiger partial charge in [-0.15, -0.1) is 0 Å². The lowest BCUT2D eigenvalue weighted by atomic mass is 10.2. The van der Waals surface area contributed by atoms with E-state index in [9.17, 15) is 8.42 Å². The molecule has 0 aliphatic carbocycles. The van der Waals surface area contributed by atoms with Crippen LogP contribution in [-0.4, -0.2) is 18.4 Å². The molecule has 17 heavy (non-hydrogen) atoms. The molecule has 0 fully saturated rings. The molecule has 0 bridgehead atoms. The Bertz CT molecular complexity index is 641. The third-order valence-electron chi connectivity index (χ3n) is 2.12. The van der Waals surface area contributed by atoms with Crippen LogP contribution in [-0.2, 0) is 10.0 Å². The number of sulfonamides is 1. The van der Waals surface area contributed by atoms with Crippen molar-refractivity contribution < 1.29 is 8.42 Å². The number of nitrogen functional groups attached to an aromatic ring is 1. The zero-order chi connectivity index (χ0) is 12.5. The minimum absolute atomic E-state index is 0.0436. The summed E-state index contributed by atoms with van der Waals surface area (Å²) in [6.45, 7) is 0. The van der Waals surface area contributed by atoms with Crippen LogP contribution in [0.15, 0.2) is 41.6 Å². The van der Waals surface area contributed by atoms with Gasteiger partial charge in [-0.05, 0) is 24.3 Å². The SMILES string of the molecule is Nc1ccc(S(N)(=O)=O)c(-c2ncccn2)c1. The largest absolute Gasteiger partial charge is 0.399 e. The van der Waals surface area contributed by atoms with Gasteiger partial charge in [0.05, 0.1) is 4.90 Å². The first-order valence-corrected chi connectivity index (χ1v) is 6.23. The zero-order valence-corrected chi connectivity index (χ0v) is 9.55. The Morgan fingerprint density at radius 2 is 1.76 bits per heavy atom. The number of benzene rings is 1. The highest BCUT2D eigenvalue weighted by Gasteiger charge is 2.16. The fourth-order valence-electron chi connectivity index (χ4n) is 1.41. The number of nitrogens with zero attached hydrogens (tertiary/aromatic N) is 2. The smallest absolute Gasteiger partial charge is 0.238 e. The average molecular weight is 250 g/mol. The van der Waals surface area contributed by atoms with Crippen LogP contribution in [0, 0.1) is 0 Å². The number of hydrogen-bond acceptors (Lipinski definition) is 5. The predicted octanol–water partition coefficient (Wildman–Crippen LogP) is 0.373. The summed E-state index contributed by atoms with van der Waals surface area (Å²) in [6, 6.07) is 5.92. The number of anilines is 1. The molecule has 4 N–H and O–H groups in total. The fourth-order valence-corrected chi connectivity index (χ4v) is 2.12. The van der Waals surface area contributed by atoms with E-state index in [1.807, 2.05) is 0 Å². The second-order valence-corrected chi connectivity index (χ2v) is 4.90. The standard InChI is InChI=1S/C10H10N4O2S/c11-7-2-3-9(17(12,15)16)8(6-7)10-13-4-1-5-14-10/h1-6H,11H2,(H2,12,15,16). The van der Waals surface area contributed by atoms with E-state index in [0.717, 1.165) is 0 Å². The maximum Gasteiger partial charge on any atom is 0.238 e. The Kier molecular flexibility index (Phi) is 2.78. The van der Waals surface area contributed by atoms with Crippen LogP contribution in [0.4, 0.5) is 5.69 Å². The lowest BCUT2D eigenvalue weighted by Gasteiger charge is -2.07. The third kappa shape index (κ3) is 2.40. The summed E-state index contributed by atoms with van der Waals surface area (Å²) in [5, 5.41) is 5.12. The molecule has 0 aliphatic rings. The topological polar surface area (TPSA) is 112 Å². The maximum absolute atomic E-state index is 11.4. The Morgan fingerprint density at radius 1 is 1.12 bits per heavy atom. The Balaban J connectivity index is 2.72. The minimum atomic E-state index is -3.83. The lowest BCUT2D eigenvalue weighted by molar-refractivity contribution is 0.598. The van der Waals surface area contributed by atoms with E-state index in [2.05, 4.69) is 9.97 Å². The monoisotopic (exact) mass is 250 g/mol. The lowest BCUT2D eigenvalue weighted by Crippen LogP contribution is -2.14. The van der Waals surface area contributed by atoms with Gasteiger partial charge >= 0.3 is 0 Å². The highest BCUT2D eigenvalue weighted by atomic mass is 32.2. The molecule has 0 atom stereocenters. The van der Waals surface area contributed by atoms with Gasteiger partial charge in [-0.1, -0.05) is 0 Å². The van der Waals surface area contributed by atoms with Crippen molar-refractivity contribution in [1.29, 1.82) is 0 Å². The quantitative estimate of drug-likeness (QED) is 0.748. The van der Waals surface area contributed by atoms with E-state index >= 15 is 0 Å². The highest BCUT2D eigenvalue weighted by Crippen LogP contribution is 2.25. The van der Waals surface area contributed by atoms with Crippen LogP contribution in [0.5, 0.6) is 0 Å². The molecule has 0 spiro atoms. The van der Waals surface area contributed by atoms with Gasteiger partial charge in [0, 0.05) is 23.6 Å². The third-order valence-corrected chi connectivity index (χ3v) is 3.09. The molecule has 6 nitrogen and oxygen atoms in total. The molecule has 2 rings (SSSR count). The van der Waals surface area contributed by atoms with Gasteiger partial charge in [0.25, 0.3) is 0 Å². The van der Waals surface area contributed by atoms with E-state index in [4.69, 9.17) is 10.9 Å². The minimum Gasteiger partial charge on any atom is -0.399 e. The number of aromatic nitrogens is 2. The summed E-state index contributed by atoms with van der Waals surface area (Å²) in [7, 11) is -3.83. The second kappa shape index (κ2) is 4.11. The normalized spacial score (nSPS) is 11.4. The molecule has 7 heteroatoms. The number of primary sulfonamides is 1. The number of rotatable bonds is 2. The van der Waals surface area contributed by atoms with Crippen LogP contribution in [0.3, 0.4) is 0 Å². The van der Waals surface area contributed by atoms with Crippen LogP contribution in [0.1, 0.15) is 0 Å². The van der Waals surface area contributed by atoms with Crippen molar-refractivity contribution in [2.45, 2.75) is 4.90 Å². The van der Waals surface area contributed by atoms with Crippen molar-refractivity contribution in [2.75, 3.05) is 5.73 Å². The van der Waals surface area contributed by atoms with Gasteiger partial charge in [-0.2, -0.15) is 0 Å². The molecule has 0 unspecified atom stereocenters. The Labute approximate surface area is 98.4 Å². The predicted molar refractivity (Wildman–Crippen MR) is 63.3 cm³/mol. The number of nitrogens with two attached hydrogens (primary N) is 2. The van der Waals surface area contributed by atoms with E-state index in [-0.39, 0.29) is 10.7 Å². The van der Waals surface area contributed by atoms with Crippen molar-refractivity contribution in [3.05, 3.63) is 36.7 Å². The van der Waals surface area contributed by atoms with Crippen molar-refractivity contribution in [2.24, 2.45) is 5.14 Å². The molecule has 0 saturated heterocycles. The number of hydrogen-bond donors (Lipinski definition) is 2. The molecule has 1 heterocycles. The van der Waals surface area contributed by atoms with Crippen molar-refractivity contribution in [1.82, 2.24) is 9.97 Å². The van der Waals surface area contributed by atoms with E-state index in [1.165, 1.54) is 30.6 Å². The molecule has 2 aromatic rings. The Morgan fingerprint density at radius 3 is 2.35 bits per heavy atom. The maximum atomic E-state index is 11.4. The molecule has 0 amide bonds. The summed E-state index contributed by atoms with van der Waals surface area (Å²) in [5.41, 5.74) is 6.33. The first-order chi connectivity index (χ1) is 7.98. The second-order valence-electron chi connectivity index (χ2n) is 3.37. The molecule has 0 radical (unpaired) electrons. The molecule has 1 aromatic carbocycles. The Hall–Kier alpha value is -1.99.